The van der Waals surface area contributed by atoms with Crippen molar-refractivity contribution in [3.05, 3.63) is 60.5 Å². The van der Waals surface area contributed by atoms with Crippen LogP contribution in [0.1, 0.15) is 72.6 Å². The third kappa shape index (κ3) is 4.24. The second-order valence-corrected chi connectivity index (χ2v) is 8.06. The molecule has 1 heterocycles. The summed E-state index contributed by atoms with van der Waals surface area (Å²) in [5, 5.41) is 3.08. The van der Waals surface area contributed by atoms with Crippen molar-refractivity contribution in [2.75, 3.05) is 5.32 Å². The topological polar surface area (TPSA) is 51.1 Å². The van der Waals surface area contributed by atoms with Gasteiger partial charge >= 0.3 is 0 Å². The number of anilines is 1. The van der Waals surface area contributed by atoms with Gasteiger partial charge < -0.3 is 9.88 Å². The van der Waals surface area contributed by atoms with E-state index in [-0.39, 0.29) is 16.9 Å². The van der Waals surface area contributed by atoms with E-state index in [1.807, 2.05) is 37.6 Å². The molecule has 0 aliphatic heterocycles. The zero-order chi connectivity index (χ0) is 21.0. The number of aromatic nitrogens is 1. The summed E-state index contributed by atoms with van der Waals surface area (Å²) in [6.07, 6.45) is 3.94. The lowest BCUT2D eigenvalue weighted by Crippen LogP contribution is -2.31. The van der Waals surface area contributed by atoms with Gasteiger partial charge in [0.25, 0.3) is 5.91 Å². The van der Waals surface area contributed by atoms with Crippen molar-refractivity contribution in [3.63, 3.8) is 0 Å². The summed E-state index contributed by atoms with van der Waals surface area (Å²) >= 11 is 3.55. The number of amides is 1. The number of benzene rings is 1. The normalized spacial score (nSPS) is 11.0. The van der Waals surface area contributed by atoms with Crippen molar-refractivity contribution >= 4 is 27.5 Å². The molecule has 0 saturated heterocycles. The van der Waals surface area contributed by atoms with E-state index in [1.54, 1.807) is 0 Å². The first-order chi connectivity index (χ1) is 13.3. The van der Waals surface area contributed by atoms with Crippen LogP contribution in [0.2, 0.25) is 0 Å². The monoisotopic (exact) mass is 446 g/mol. The Bertz CT molecular complexity index is 920. The number of carbonyl (C=O) groups is 1. The first kappa shape index (κ1) is 22.4. The summed E-state index contributed by atoms with van der Waals surface area (Å²) in [7, 11) is 1.96. The van der Waals surface area contributed by atoms with E-state index < -0.39 is 0 Å². The summed E-state index contributed by atoms with van der Waals surface area (Å²) in [5.41, 5.74) is 5.58. The fourth-order valence-corrected chi connectivity index (χ4v) is 4.47. The lowest BCUT2D eigenvalue weighted by molar-refractivity contribution is 0.102. The number of pyridine rings is 1. The minimum atomic E-state index is -0.304. The van der Waals surface area contributed by atoms with Crippen molar-refractivity contribution < 1.29 is 4.79 Å². The molecule has 0 radical (unpaired) electrons. The molecule has 0 bridgehead atoms. The number of halogens is 1. The molecule has 1 amide bonds. The average Bonchev–Trinajstić information content (AvgIpc) is 2.67. The number of hydrogen-bond donors (Lipinski definition) is 1. The van der Waals surface area contributed by atoms with Gasteiger partial charge in [-0.15, -0.1) is 0 Å². The maximum Gasteiger partial charge on any atom is 0.261 e. The average molecular weight is 447 g/mol. The highest BCUT2D eigenvalue weighted by Crippen LogP contribution is 2.28. The van der Waals surface area contributed by atoms with Gasteiger partial charge in [-0.1, -0.05) is 50.0 Å². The predicted molar refractivity (Wildman–Crippen MR) is 121 cm³/mol. The van der Waals surface area contributed by atoms with Gasteiger partial charge in [0.2, 0.25) is 0 Å². The maximum absolute atomic E-state index is 13.3. The van der Waals surface area contributed by atoms with Gasteiger partial charge in [-0.25, -0.2) is 0 Å². The second kappa shape index (κ2) is 9.55. The van der Waals surface area contributed by atoms with Crippen LogP contribution in [0.3, 0.4) is 0 Å². The van der Waals surface area contributed by atoms with Crippen LogP contribution in [0.15, 0.2) is 21.4 Å². The Morgan fingerprint density at radius 2 is 1.61 bits per heavy atom. The van der Waals surface area contributed by atoms with E-state index in [2.05, 4.69) is 42.0 Å². The highest BCUT2D eigenvalue weighted by molar-refractivity contribution is 9.10. The molecule has 0 aliphatic rings. The number of nitrogens with zero attached hydrogens (tertiary/aromatic N) is 1. The Morgan fingerprint density at radius 1 is 1.04 bits per heavy atom. The molecular weight excluding hydrogens is 416 g/mol. The van der Waals surface area contributed by atoms with E-state index in [1.165, 1.54) is 0 Å². The molecule has 0 unspecified atom stereocenters. The fraction of sp³-hybridized carbons (Fsp3) is 0.478. The Labute approximate surface area is 176 Å². The number of hydrogen-bond acceptors (Lipinski definition) is 2. The predicted octanol–water partition coefficient (Wildman–Crippen LogP) is 5.35. The smallest absolute Gasteiger partial charge is 0.261 e. The van der Waals surface area contributed by atoms with Gasteiger partial charge in [0.1, 0.15) is 5.56 Å². The zero-order valence-corrected chi connectivity index (χ0v) is 19.4. The molecule has 1 N–H and O–H groups in total. The van der Waals surface area contributed by atoms with Gasteiger partial charge in [0.15, 0.2) is 5.43 Å². The third-order valence-electron chi connectivity index (χ3n) is 5.41. The number of nitrogens with one attached hydrogen (secondary N) is 1. The number of aryl methyl sites for hydroxylation is 2. The highest BCUT2D eigenvalue weighted by Gasteiger charge is 2.23. The van der Waals surface area contributed by atoms with Gasteiger partial charge in [-0.05, 0) is 55.9 Å². The van der Waals surface area contributed by atoms with Crippen molar-refractivity contribution in [3.8, 4) is 0 Å². The van der Waals surface area contributed by atoms with Crippen molar-refractivity contribution in [1.82, 2.24) is 4.57 Å². The minimum absolute atomic E-state index is 0.149. The van der Waals surface area contributed by atoms with Crippen LogP contribution >= 0.6 is 15.9 Å². The zero-order valence-electron chi connectivity index (χ0n) is 17.8. The Kier molecular flexibility index (Phi) is 7.64. The van der Waals surface area contributed by atoms with Crippen LogP contribution in [-0.4, -0.2) is 10.5 Å². The van der Waals surface area contributed by atoms with Crippen molar-refractivity contribution in [2.45, 2.75) is 66.7 Å². The molecule has 152 valence electrons. The molecule has 2 aromatic rings. The van der Waals surface area contributed by atoms with Crippen molar-refractivity contribution in [2.24, 2.45) is 7.05 Å². The Balaban J connectivity index is 2.65. The second-order valence-electron chi connectivity index (χ2n) is 7.15. The van der Waals surface area contributed by atoms with E-state index in [9.17, 15) is 9.59 Å². The van der Waals surface area contributed by atoms with Crippen LogP contribution in [0.4, 0.5) is 5.69 Å². The van der Waals surface area contributed by atoms with E-state index in [4.69, 9.17) is 0 Å². The largest absolute Gasteiger partial charge is 0.350 e. The molecular formula is C23H31BrN2O2. The van der Waals surface area contributed by atoms with Crippen LogP contribution in [0, 0.1) is 6.92 Å². The standard InChI is InChI=1S/C23H31BrN2O2/c1-7-11-19-20(22(27)14(5)18(10-4)26(19)6)23(28)25-21-15(8-2)12-17(24)13-16(21)9-3/h12-13H,7-11H2,1-6H3,(H,25,28). The lowest BCUT2D eigenvalue weighted by Gasteiger charge is -2.21. The summed E-state index contributed by atoms with van der Waals surface area (Å²) in [5.74, 6) is -0.304. The molecule has 0 saturated carbocycles. The van der Waals surface area contributed by atoms with Crippen LogP contribution < -0.4 is 10.7 Å². The first-order valence-corrected chi connectivity index (χ1v) is 10.9. The molecule has 0 aliphatic carbocycles. The molecule has 2 rings (SSSR count). The molecule has 5 heteroatoms. The van der Waals surface area contributed by atoms with Gasteiger partial charge in [0, 0.05) is 34.2 Å². The molecule has 4 nitrogen and oxygen atoms in total. The number of carbonyl (C=O) groups excluding carboxylic acids is 1. The lowest BCUT2D eigenvalue weighted by atomic mass is 10.00. The summed E-state index contributed by atoms with van der Waals surface area (Å²) < 4.78 is 3.04. The van der Waals surface area contributed by atoms with Gasteiger partial charge in [-0.2, -0.15) is 0 Å². The number of rotatable bonds is 7. The SMILES string of the molecule is CCCc1c(C(=O)Nc2c(CC)cc(Br)cc2CC)c(=O)c(C)c(CC)n1C. The molecule has 1 aromatic carbocycles. The van der Waals surface area contributed by atoms with Crippen LogP contribution in [-0.2, 0) is 32.7 Å². The minimum Gasteiger partial charge on any atom is -0.350 e. The van der Waals surface area contributed by atoms with Crippen molar-refractivity contribution in [1.29, 1.82) is 0 Å². The summed E-state index contributed by atoms with van der Waals surface area (Å²) in [6.45, 7) is 10.1. The fourth-order valence-electron chi connectivity index (χ4n) is 3.92. The first-order valence-electron chi connectivity index (χ1n) is 10.1. The quantitative estimate of drug-likeness (QED) is 0.622. The molecule has 0 atom stereocenters. The maximum atomic E-state index is 13.3. The highest BCUT2D eigenvalue weighted by atomic mass is 79.9. The van der Waals surface area contributed by atoms with Crippen LogP contribution in [0.25, 0.3) is 0 Å². The van der Waals surface area contributed by atoms with Gasteiger partial charge in [0.05, 0.1) is 0 Å². The molecule has 1 aromatic heterocycles. The van der Waals surface area contributed by atoms with E-state index in [0.717, 1.165) is 58.4 Å². The molecule has 0 fully saturated rings. The Morgan fingerprint density at radius 3 is 2.07 bits per heavy atom. The summed E-state index contributed by atoms with van der Waals surface area (Å²) in [4.78, 5) is 26.4. The van der Waals surface area contributed by atoms with Crippen LogP contribution in [0.5, 0.6) is 0 Å². The molecule has 28 heavy (non-hydrogen) atoms. The Hall–Kier alpha value is -1.88. The third-order valence-corrected chi connectivity index (χ3v) is 5.87. The summed E-state index contributed by atoms with van der Waals surface area (Å²) in [6, 6.07) is 4.07. The van der Waals surface area contributed by atoms with E-state index in [0.29, 0.717) is 12.0 Å². The van der Waals surface area contributed by atoms with Gasteiger partial charge in [-0.3, -0.25) is 9.59 Å². The van der Waals surface area contributed by atoms with E-state index >= 15 is 0 Å². The molecule has 0 spiro atoms.